The second kappa shape index (κ2) is 8.62. The first-order valence-electron chi connectivity index (χ1n) is 8.17. The zero-order chi connectivity index (χ0) is 18.6. The molecular weight excluding hydrogens is 374 g/mol. The van der Waals surface area contributed by atoms with Crippen LogP contribution in [-0.2, 0) is 10.0 Å². The predicted octanol–water partition coefficient (Wildman–Crippen LogP) is 3.29. The average molecular weight is 397 g/mol. The molecule has 0 bridgehead atoms. The van der Waals surface area contributed by atoms with Crippen LogP contribution in [0, 0.1) is 5.92 Å². The summed E-state index contributed by atoms with van der Waals surface area (Å²) in [5.74, 6) is 0.368. The SMILES string of the molecule is CC(C)CCN1CCN(S(=O)(=O)c2ccc(OC(F)F)c(Cl)c2)CC1. The van der Waals surface area contributed by atoms with Gasteiger partial charge in [-0.25, -0.2) is 8.42 Å². The first-order valence-corrected chi connectivity index (χ1v) is 9.99. The topological polar surface area (TPSA) is 49.9 Å². The van der Waals surface area contributed by atoms with Gasteiger partial charge in [0.2, 0.25) is 10.0 Å². The van der Waals surface area contributed by atoms with Crippen LogP contribution in [-0.4, -0.2) is 57.0 Å². The number of alkyl halides is 2. The number of nitrogens with zero attached hydrogens (tertiary/aromatic N) is 2. The maximum atomic E-state index is 12.7. The van der Waals surface area contributed by atoms with Gasteiger partial charge in [0.25, 0.3) is 0 Å². The number of hydrogen-bond donors (Lipinski definition) is 0. The van der Waals surface area contributed by atoms with Gasteiger partial charge < -0.3 is 9.64 Å². The van der Waals surface area contributed by atoms with Crippen molar-refractivity contribution >= 4 is 21.6 Å². The molecule has 0 unspecified atom stereocenters. The fraction of sp³-hybridized carbons (Fsp3) is 0.625. The standard InChI is InChI=1S/C16H23ClF2N2O3S/c1-12(2)5-6-20-7-9-21(10-8-20)25(22,23)13-3-4-15(14(17)11-13)24-16(18)19/h3-4,11-12,16H,5-10H2,1-2H3. The lowest BCUT2D eigenvalue weighted by molar-refractivity contribution is -0.0498. The van der Waals surface area contributed by atoms with Crippen molar-refractivity contribution in [3.63, 3.8) is 0 Å². The number of ether oxygens (including phenoxy) is 1. The highest BCUT2D eigenvalue weighted by Crippen LogP contribution is 2.30. The normalized spacial score (nSPS) is 17.4. The van der Waals surface area contributed by atoms with Crippen molar-refractivity contribution in [2.45, 2.75) is 31.8 Å². The van der Waals surface area contributed by atoms with Gasteiger partial charge in [-0.15, -0.1) is 0 Å². The van der Waals surface area contributed by atoms with Crippen LogP contribution in [0.25, 0.3) is 0 Å². The molecule has 1 fully saturated rings. The quantitative estimate of drug-likeness (QED) is 0.709. The fourth-order valence-corrected chi connectivity index (χ4v) is 4.36. The number of piperazine rings is 1. The summed E-state index contributed by atoms with van der Waals surface area (Å²) < 4.78 is 55.6. The predicted molar refractivity (Wildman–Crippen MR) is 92.7 cm³/mol. The Bertz CT molecular complexity index is 678. The number of sulfonamides is 1. The summed E-state index contributed by atoms with van der Waals surface area (Å²) in [5.41, 5.74) is 0. The van der Waals surface area contributed by atoms with E-state index >= 15 is 0 Å². The third-order valence-corrected chi connectivity index (χ3v) is 6.30. The molecule has 0 N–H and O–H groups in total. The summed E-state index contributed by atoms with van der Waals surface area (Å²) in [4.78, 5) is 2.23. The van der Waals surface area contributed by atoms with Gasteiger partial charge in [-0.3, -0.25) is 0 Å². The van der Waals surface area contributed by atoms with Crippen LogP contribution in [0.5, 0.6) is 5.75 Å². The van der Waals surface area contributed by atoms with E-state index in [0.29, 0.717) is 32.1 Å². The van der Waals surface area contributed by atoms with Gasteiger partial charge in [0.15, 0.2) is 0 Å². The first-order chi connectivity index (χ1) is 11.7. The Hall–Kier alpha value is -0.960. The maximum Gasteiger partial charge on any atom is 0.387 e. The van der Waals surface area contributed by atoms with Gasteiger partial charge in [0.1, 0.15) is 5.75 Å². The highest BCUT2D eigenvalue weighted by molar-refractivity contribution is 7.89. The average Bonchev–Trinajstić information content (AvgIpc) is 2.54. The van der Waals surface area contributed by atoms with Gasteiger partial charge >= 0.3 is 6.61 Å². The van der Waals surface area contributed by atoms with Gasteiger partial charge in [0.05, 0.1) is 9.92 Å². The van der Waals surface area contributed by atoms with E-state index in [-0.39, 0.29) is 15.7 Å². The second-order valence-corrected chi connectivity index (χ2v) is 8.74. The van der Waals surface area contributed by atoms with Crippen molar-refractivity contribution in [3.05, 3.63) is 23.2 Å². The van der Waals surface area contributed by atoms with Crippen molar-refractivity contribution in [3.8, 4) is 5.75 Å². The van der Waals surface area contributed by atoms with Crippen molar-refractivity contribution in [1.82, 2.24) is 9.21 Å². The first kappa shape index (κ1) is 20.4. The molecule has 0 atom stereocenters. The minimum Gasteiger partial charge on any atom is -0.433 e. The highest BCUT2D eigenvalue weighted by atomic mass is 35.5. The summed E-state index contributed by atoms with van der Waals surface area (Å²) in [5, 5.41) is -0.156. The van der Waals surface area contributed by atoms with Gasteiger partial charge in [0, 0.05) is 26.2 Å². The van der Waals surface area contributed by atoms with E-state index in [1.54, 1.807) is 0 Å². The van der Waals surface area contributed by atoms with Crippen LogP contribution in [0.4, 0.5) is 8.78 Å². The van der Waals surface area contributed by atoms with E-state index in [1.807, 2.05) is 0 Å². The molecule has 2 rings (SSSR count). The highest BCUT2D eigenvalue weighted by Gasteiger charge is 2.29. The van der Waals surface area contributed by atoms with E-state index in [2.05, 4.69) is 23.5 Å². The lowest BCUT2D eigenvalue weighted by Gasteiger charge is -2.34. The molecule has 5 nitrogen and oxygen atoms in total. The Morgan fingerprint density at radius 1 is 1.20 bits per heavy atom. The molecule has 1 heterocycles. The van der Waals surface area contributed by atoms with E-state index in [1.165, 1.54) is 10.4 Å². The Labute approximate surface area is 152 Å². The Morgan fingerprint density at radius 3 is 2.36 bits per heavy atom. The molecule has 1 aliphatic heterocycles. The van der Waals surface area contributed by atoms with Crippen LogP contribution in [0.2, 0.25) is 5.02 Å². The summed E-state index contributed by atoms with van der Waals surface area (Å²) in [7, 11) is -3.71. The molecule has 1 saturated heterocycles. The number of rotatable bonds is 7. The lowest BCUT2D eigenvalue weighted by atomic mass is 10.1. The molecule has 0 aliphatic carbocycles. The third kappa shape index (κ3) is 5.51. The van der Waals surface area contributed by atoms with E-state index < -0.39 is 16.6 Å². The summed E-state index contributed by atoms with van der Waals surface area (Å²) in [6, 6.07) is 3.55. The lowest BCUT2D eigenvalue weighted by Crippen LogP contribution is -2.48. The minimum absolute atomic E-state index is 0.0188. The molecule has 1 aromatic carbocycles. The van der Waals surface area contributed by atoms with Crippen molar-refractivity contribution < 1.29 is 21.9 Å². The molecule has 0 aromatic heterocycles. The van der Waals surface area contributed by atoms with Crippen molar-refractivity contribution in [1.29, 1.82) is 0 Å². The Balaban J connectivity index is 2.03. The molecule has 0 saturated carbocycles. The fourth-order valence-electron chi connectivity index (χ4n) is 2.62. The van der Waals surface area contributed by atoms with Crippen LogP contribution in [0.15, 0.2) is 23.1 Å². The second-order valence-electron chi connectivity index (χ2n) is 6.40. The van der Waals surface area contributed by atoms with Gasteiger partial charge in [-0.1, -0.05) is 25.4 Å². The molecule has 142 valence electrons. The molecule has 1 aromatic rings. The Morgan fingerprint density at radius 2 is 1.84 bits per heavy atom. The summed E-state index contributed by atoms with van der Waals surface area (Å²) in [6.45, 7) is 4.40. The van der Waals surface area contributed by atoms with E-state index in [9.17, 15) is 17.2 Å². The minimum atomic E-state index is -3.71. The molecular formula is C16H23ClF2N2O3S. The largest absolute Gasteiger partial charge is 0.433 e. The maximum absolute atomic E-state index is 12.7. The zero-order valence-electron chi connectivity index (χ0n) is 14.3. The molecule has 0 amide bonds. The van der Waals surface area contributed by atoms with Gasteiger partial charge in [-0.05, 0) is 37.1 Å². The number of benzene rings is 1. The number of hydrogen-bond acceptors (Lipinski definition) is 4. The molecule has 25 heavy (non-hydrogen) atoms. The zero-order valence-corrected chi connectivity index (χ0v) is 15.9. The monoisotopic (exact) mass is 396 g/mol. The molecule has 0 spiro atoms. The smallest absolute Gasteiger partial charge is 0.387 e. The summed E-state index contributed by atoms with van der Waals surface area (Å²) >= 11 is 5.86. The van der Waals surface area contributed by atoms with Crippen LogP contribution in [0.1, 0.15) is 20.3 Å². The molecule has 0 radical (unpaired) electrons. The summed E-state index contributed by atoms with van der Waals surface area (Å²) in [6.07, 6.45) is 1.08. The molecule has 9 heteroatoms. The van der Waals surface area contributed by atoms with Crippen molar-refractivity contribution in [2.24, 2.45) is 5.92 Å². The molecule has 1 aliphatic rings. The Kier molecular flexibility index (Phi) is 7.01. The van der Waals surface area contributed by atoms with Crippen LogP contribution >= 0.6 is 11.6 Å². The van der Waals surface area contributed by atoms with Crippen LogP contribution in [0.3, 0.4) is 0 Å². The van der Waals surface area contributed by atoms with E-state index in [0.717, 1.165) is 25.1 Å². The number of halogens is 3. The van der Waals surface area contributed by atoms with Crippen LogP contribution < -0.4 is 4.74 Å². The third-order valence-electron chi connectivity index (χ3n) is 4.11. The van der Waals surface area contributed by atoms with Gasteiger partial charge in [-0.2, -0.15) is 13.1 Å². The van der Waals surface area contributed by atoms with E-state index in [4.69, 9.17) is 11.6 Å². The van der Waals surface area contributed by atoms with Crippen molar-refractivity contribution in [2.75, 3.05) is 32.7 Å².